The van der Waals surface area contributed by atoms with E-state index in [1.165, 1.54) is 5.56 Å². The normalized spacial score (nSPS) is 13.2. The summed E-state index contributed by atoms with van der Waals surface area (Å²) in [7, 11) is 0. The zero-order valence-corrected chi connectivity index (χ0v) is 18.9. The average Bonchev–Trinajstić information content (AvgIpc) is 3.15. The van der Waals surface area contributed by atoms with Gasteiger partial charge in [-0.2, -0.15) is 12.6 Å². The summed E-state index contributed by atoms with van der Waals surface area (Å²) in [5, 5.41) is 0.243. The minimum Gasteiger partial charge on any atom is -0.493 e. The third-order valence-electron chi connectivity index (χ3n) is 5.11. The molecular weight excluding hydrogens is 394 g/mol. The molecule has 2 atom stereocenters. The highest BCUT2D eigenvalue weighted by molar-refractivity contribution is 7.81. The molecule has 3 aromatic rings. The molecule has 0 radical (unpaired) electrons. The van der Waals surface area contributed by atoms with Crippen LogP contribution in [0.4, 0.5) is 0 Å². The highest BCUT2D eigenvalue weighted by Crippen LogP contribution is 2.22. The molecule has 0 saturated heterocycles. The van der Waals surface area contributed by atoms with Crippen molar-refractivity contribution in [2.75, 3.05) is 13.2 Å². The second-order valence-corrected chi connectivity index (χ2v) is 7.97. The van der Waals surface area contributed by atoms with Crippen LogP contribution in [0.1, 0.15) is 37.3 Å². The third kappa shape index (κ3) is 6.13. The topological polar surface area (TPSA) is 44.5 Å². The highest BCUT2D eigenvalue weighted by atomic mass is 32.1. The molecule has 5 heteroatoms. The SMILES string of the molecule is CCO[C@@H](Cc1ccc(OCCc2nc(-c3ccccc3)oc2C)cc1)C(S)CC. The molecule has 0 bridgehead atoms. The summed E-state index contributed by atoms with van der Waals surface area (Å²) in [6.45, 7) is 7.37. The molecular formula is C25H31NO3S. The van der Waals surface area contributed by atoms with Gasteiger partial charge in [0.15, 0.2) is 0 Å². The molecule has 0 aliphatic carbocycles. The number of thiol groups is 1. The first-order chi connectivity index (χ1) is 14.6. The molecule has 0 aliphatic rings. The van der Waals surface area contributed by atoms with Gasteiger partial charge in [-0.1, -0.05) is 37.3 Å². The maximum Gasteiger partial charge on any atom is 0.226 e. The summed E-state index contributed by atoms with van der Waals surface area (Å²) in [5.74, 6) is 2.35. The summed E-state index contributed by atoms with van der Waals surface area (Å²) < 4.78 is 17.6. The van der Waals surface area contributed by atoms with E-state index in [-0.39, 0.29) is 11.4 Å². The summed E-state index contributed by atoms with van der Waals surface area (Å²) in [5.41, 5.74) is 3.15. The third-order valence-corrected chi connectivity index (χ3v) is 5.81. The molecule has 2 aromatic carbocycles. The van der Waals surface area contributed by atoms with Gasteiger partial charge in [0.05, 0.1) is 18.4 Å². The van der Waals surface area contributed by atoms with E-state index in [4.69, 9.17) is 13.9 Å². The smallest absolute Gasteiger partial charge is 0.226 e. The van der Waals surface area contributed by atoms with E-state index < -0.39 is 0 Å². The van der Waals surface area contributed by atoms with Crippen LogP contribution in [0.3, 0.4) is 0 Å². The molecule has 1 aromatic heterocycles. The van der Waals surface area contributed by atoms with Crippen molar-refractivity contribution >= 4 is 12.6 Å². The maximum absolute atomic E-state index is 5.93. The van der Waals surface area contributed by atoms with Gasteiger partial charge < -0.3 is 13.9 Å². The quantitative estimate of drug-likeness (QED) is 0.387. The summed E-state index contributed by atoms with van der Waals surface area (Å²) >= 11 is 4.66. The van der Waals surface area contributed by atoms with Crippen LogP contribution in [0.2, 0.25) is 0 Å². The van der Waals surface area contributed by atoms with Gasteiger partial charge in [0.25, 0.3) is 0 Å². The van der Waals surface area contributed by atoms with E-state index in [1.807, 2.05) is 56.3 Å². The van der Waals surface area contributed by atoms with Crippen LogP contribution in [-0.2, 0) is 17.6 Å². The Bertz CT molecular complexity index is 893. The van der Waals surface area contributed by atoms with Crippen LogP contribution in [-0.4, -0.2) is 29.6 Å². The van der Waals surface area contributed by atoms with Crippen molar-refractivity contribution in [2.45, 2.75) is 51.4 Å². The lowest BCUT2D eigenvalue weighted by Gasteiger charge is -2.22. The first-order valence-electron chi connectivity index (χ1n) is 10.6. The standard InChI is InChI=1S/C25H31NO3S/c1-4-24(30)23(27-5-2)17-19-11-13-21(14-12-19)28-16-15-22-18(3)29-25(26-22)20-9-7-6-8-10-20/h6-14,23-24,30H,4-5,15-17H2,1-3H3/t23-,24?/m0/s1. The minimum absolute atomic E-state index is 0.129. The van der Waals surface area contributed by atoms with E-state index in [0.717, 1.165) is 35.6 Å². The number of aromatic nitrogens is 1. The first-order valence-corrected chi connectivity index (χ1v) is 11.2. The number of aryl methyl sites for hydroxylation is 1. The molecule has 0 aliphatic heterocycles. The van der Waals surface area contributed by atoms with E-state index in [1.54, 1.807) is 0 Å². The molecule has 1 heterocycles. The van der Waals surface area contributed by atoms with Crippen LogP contribution >= 0.6 is 12.6 Å². The van der Waals surface area contributed by atoms with Crippen molar-refractivity contribution in [3.63, 3.8) is 0 Å². The van der Waals surface area contributed by atoms with Gasteiger partial charge in [-0.25, -0.2) is 4.98 Å². The Morgan fingerprint density at radius 1 is 1.03 bits per heavy atom. The van der Waals surface area contributed by atoms with Gasteiger partial charge >= 0.3 is 0 Å². The fraction of sp³-hybridized carbons (Fsp3) is 0.400. The lowest BCUT2D eigenvalue weighted by atomic mass is 10.0. The Hall–Kier alpha value is -2.24. The predicted octanol–water partition coefficient (Wildman–Crippen LogP) is 5.93. The average molecular weight is 426 g/mol. The van der Waals surface area contributed by atoms with E-state index in [0.29, 0.717) is 25.5 Å². The molecule has 4 nitrogen and oxygen atoms in total. The molecule has 0 N–H and O–H groups in total. The number of rotatable bonds is 11. The van der Waals surface area contributed by atoms with Crippen LogP contribution in [0.5, 0.6) is 5.75 Å². The van der Waals surface area contributed by atoms with Crippen LogP contribution < -0.4 is 4.74 Å². The summed E-state index contributed by atoms with van der Waals surface area (Å²) in [6, 6.07) is 18.2. The van der Waals surface area contributed by atoms with Gasteiger partial charge in [0, 0.05) is 23.8 Å². The molecule has 0 saturated carbocycles. The lowest BCUT2D eigenvalue weighted by molar-refractivity contribution is 0.0613. The Balaban J connectivity index is 1.53. The molecule has 0 fully saturated rings. The van der Waals surface area contributed by atoms with E-state index in [2.05, 4.69) is 36.7 Å². The van der Waals surface area contributed by atoms with Gasteiger partial charge in [-0.05, 0) is 56.5 Å². The van der Waals surface area contributed by atoms with Crippen molar-refractivity contribution < 1.29 is 13.9 Å². The molecule has 1 unspecified atom stereocenters. The monoisotopic (exact) mass is 425 g/mol. The highest BCUT2D eigenvalue weighted by Gasteiger charge is 2.17. The van der Waals surface area contributed by atoms with Crippen LogP contribution in [0.15, 0.2) is 59.0 Å². The lowest BCUT2D eigenvalue weighted by Crippen LogP contribution is -2.26. The fourth-order valence-corrected chi connectivity index (χ4v) is 3.56. The molecule has 0 spiro atoms. The van der Waals surface area contributed by atoms with Crippen LogP contribution in [0.25, 0.3) is 11.5 Å². The van der Waals surface area contributed by atoms with Gasteiger partial charge in [-0.15, -0.1) is 0 Å². The fourth-order valence-electron chi connectivity index (χ4n) is 3.37. The minimum atomic E-state index is 0.129. The Labute approximate surface area is 185 Å². The number of hydrogen-bond donors (Lipinski definition) is 1. The summed E-state index contributed by atoms with van der Waals surface area (Å²) in [4.78, 5) is 4.63. The first kappa shape index (κ1) is 22.4. The largest absolute Gasteiger partial charge is 0.493 e. The van der Waals surface area contributed by atoms with E-state index in [9.17, 15) is 0 Å². The second-order valence-electron chi connectivity index (χ2n) is 7.30. The Kier molecular flexibility index (Phi) is 8.40. The number of hydrogen-bond acceptors (Lipinski definition) is 5. The van der Waals surface area contributed by atoms with Gasteiger partial charge in [0.1, 0.15) is 11.5 Å². The van der Waals surface area contributed by atoms with Crippen molar-refractivity contribution in [2.24, 2.45) is 0 Å². The predicted molar refractivity (Wildman–Crippen MR) is 125 cm³/mol. The van der Waals surface area contributed by atoms with Crippen LogP contribution in [0, 0.1) is 6.92 Å². The molecule has 3 rings (SSSR count). The van der Waals surface area contributed by atoms with Gasteiger partial charge in [0.2, 0.25) is 5.89 Å². The number of nitrogens with zero attached hydrogens (tertiary/aromatic N) is 1. The number of benzene rings is 2. The van der Waals surface area contributed by atoms with Crippen molar-refractivity contribution in [3.05, 3.63) is 71.6 Å². The van der Waals surface area contributed by atoms with Crippen molar-refractivity contribution in [1.82, 2.24) is 4.98 Å². The maximum atomic E-state index is 5.93. The Morgan fingerprint density at radius 2 is 1.77 bits per heavy atom. The number of ether oxygens (including phenoxy) is 2. The van der Waals surface area contributed by atoms with E-state index >= 15 is 0 Å². The van der Waals surface area contributed by atoms with Gasteiger partial charge in [-0.3, -0.25) is 0 Å². The zero-order chi connectivity index (χ0) is 21.3. The number of oxazole rings is 1. The van der Waals surface area contributed by atoms with Crippen molar-refractivity contribution in [1.29, 1.82) is 0 Å². The summed E-state index contributed by atoms with van der Waals surface area (Å²) in [6.07, 6.45) is 2.68. The second kappa shape index (κ2) is 11.2. The molecule has 160 valence electrons. The Morgan fingerprint density at radius 3 is 2.43 bits per heavy atom. The van der Waals surface area contributed by atoms with Crippen molar-refractivity contribution in [3.8, 4) is 17.2 Å². The molecule has 0 amide bonds. The molecule has 30 heavy (non-hydrogen) atoms. The zero-order valence-electron chi connectivity index (χ0n) is 18.0.